The normalized spacial score (nSPS) is 10.1. The van der Waals surface area contributed by atoms with E-state index in [9.17, 15) is 9.59 Å². The van der Waals surface area contributed by atoms with Crippen molar-refractivity contribution in [2.45, 2.75) is 6.54 Å². The minimum Gasteiger partial charge on any atom is -0.465 e. The van der Waals surface area contributed by atoms with Gasteiger partial charge in [0.1, 0.15) is 17.8 Å². The van der Waals surface area contributed by atoms with E-state index in [4.69, 9.17) is 0 Å². The molecule has 0 aliphatic rings. The van der Waals surface area contributed by atoms with Crippen molar-refractivity contribution in [3.8, 4) is 0 Å². The van der Waals surface area contributed by atoms with Crippen molar-refractivity contribution in [2.24, 2.45) is 0 Å². The van der Waals surface area contributed by atoms with Gasteiger partial charge in [0.25, 0.3) is 5.91 Å². The van der Waals surface area contributed by atoms with Crippen LogP contribution in [0.4, 0.5) is 11.5 Å². The quantitative estimate of drug-likeness (QED) is 0.647. The molecule has 27 heavy (non-hydrogen) atoms. The largest absolute Gasteiger partial charge is 0.465 e. The number of carbonyl (C=O) groups is 2. The molecule has 0 unspecified atom stereocenters. The minimum atomic E-state index is -0.406. The van der Waals surface area contributed by atoms with Crippen LogP contribution < -0.4 is 10.6 Å². The fraction of sp³-hybridized carbons (Fsp3) is 0.105. The van der Waals surface area contributed by atoms with Crippen molar-refractivity contribution in [3.05, 3.63) is 78.0 Å². The fourth-order valence-corrected chi connectivity index (χ4v) is 2.28. The van der Waals surface area contributed by atoms with E-state index < -0.39 is 5.97 Å². The Kier molecular flexibility index (Phi) is 5.68. The highest BCUT2D eigenvalue weighted by Crippen LogP contribution is 2.16. The number of anilines is 2. The zero-order chi connectivity index (χ0) is 19.1. The van der Waals surface area contributed by atoms with Crippen LogP contribution in [0.1, 0.15) is 26.4 Å². The summed E-state index contributed by atoms with van der Waals surface area (Å²) >= 11 is 0. The Labute approximate surface area is 155 Å². The van der Waals surface area contributed by atoms with Gasteiger partial charge in [-0.1, -0.05) is 0 Å². The van der Waals surface area contributed by atoms with E-state index in [2.05, 4.69) is 30.3 Å². The van der Waals surface area contributed by atoms with Crippen LogP contribution in [0, 0.1) is 0 Å². The van der Waals surface area contributed by atoms with E-state index in [0.717, 1.165) is 5.56 Å². The number of methoxy groups -OCH3 is 1. The molecule has 8 heteroatoms. The number of hydrogen-bond donors (Lipinski definition) is 2. The highest BCUT2D eigenvalue weighted by Gasteiger charge is 2.09. The molecule has 2 aromatic heterocycles. The maximum Gasteiger partial charge on any atom is 0.337 e. The highest BCUT2D eigenvalue weighted by atomic mass is 16.5. The summed E-state index contributed by atoms with van der Waals surface area (Å²) in [6.07, 6.45) is 4.64. The monoisotopic (exact) mass is 363 g/mol. The van der Waals surface area contributed by atoms with Gasteiger partial charge in [0.15, 0.2) is 0 Å². The molecule has 2 N–H and O–H groups in total. The molecule has 0 aliphatic heterocycles. The lowest BCUT2D eigenvalue weighted by Gasteiger charge is -2.08. The Bertz CT molecular complexity index is 930. The first kappa shape index (κ1) is 18.0. The van der Waals surface area contributed by atoms with Gasteiger partial charge in [-0.25, -0.2) is 14.8 Å². The second-order valence-corrected chi connectivity index (χ2v) is 5.52. The maximum atomic E-state index is 12.3. The molecule has 0 saturated heterocycles. The summed E-state index contributed by atoms with van der Waals surface area (Å²) in [5, 5.41) is 5.86. The molecule has 0 bridgehead atoms. The first-order chi connectivity index (χ1) is 13.2. The van der Waals surface area contributed by atoms with Gasteiger partial charge in [-0.3, -0.25) is 9.78 Å². The number of aromatic nitrogens is 3. The van der Waals surface area contributed by atoms with Crippen molar-refractivity contribution in [1.29, 1.82) is 0 Å². The molecular weight excluding hydrogens is 346 g/mol. The molecule has 0 radical (unpaired) electrons. The zero-order valence-corrected chi connectivity index (χ0v) is 14.5. The van der Waals surface area contributed by atoms with E-state index in [1.807, 2.05) is 12.1 Å². The van der Waals surface area contributed by atoms with Crippen LogP contribution in [0.25, 0.3) is 0 Å². The molecule has 1 aromatic carbocycles. The van der Waals surface area contributed by atoms with Crippen LogP contribution in [0.5, 0.6) is 0 Å². The van der Waals surface area contributed by atoms with E-state index in [0.29, 0.717) is 23.6 Å². The van der Waals surface area contributed by atoms with Gasteiger partial charge >= 0.3 is 5.97 Å². The average molecular weight is 363 g/mol. The number of ether oxygens (including phenoxy) is 1. The molecule has 0 atom stereocenters. The van der Waals surface area contributed by atoms with E-state index in [1.165, 1.54) is 13.4 Å². The molecule has 0 spiro atoms. The van der Waals surface area contributed by atoms with Crippen molar-refractivity contribution >= 4 is 23.4 Å². The fourth-order valence-electron chi connectivity index (χ4n) is 2.28. The Balaban J connectivity index is 1.64. The summed E-state index contributed by atoms with van der Waals surface area (Å²) in [5.74, 6) is -0.250. The number of hydrogen-bond acceptors (Lipinski definition) is 7. The van der Waals surface area contributed by atoms with Crippen LogP contribution in [-0.2, 0) is 11.3 Å². The number of benzene rings is 1. The van der Waals surface area contributed by atoms with Gasteiger partial charge in [0.05, 0.1) is 12.7 Å². The minimum absolute atomic E-state index is 0.243. The third-order valence-electron chi connectivity index (χ3n) is 3.68. The Hall–Kier alpha value is -3.81. The number of nitrogens with zero attached hydrogens (tertiary/aromatic N) is 3. The second kappa shape index (κ2) is 8.52. The number of nitrogens with one attached hydrogen (secondary N) is 2. The summed E-state index contributed by atoms with van der Waals surface area (Å²) in [7, 11) is 1.33. The van der Waals surface area contributed by atoms with Gasteiger partial charge in [-0.15, -0.1) is 0 Å². The topological polar surface area (TPSA) is 106 Å². The zero-order valence-electron chi connectivity index (χ0n) is 14.5. The molecule has 0 saturated carbocycles. The van der Waals surface area contributed by atoms with Crippen molar-refractivity contribution in [2.75, 3.05) is 12.4 Å². The van der Waals surface area contributed by atoms with Crippen molar-refractivity contribution < 1.29 is 14.3 Å². The first-order valence-electron chi connectivity index (χ1n) is 8.10. The lowest BCUT2D eigenvalue weighted by atomic mass is 10.2. The molecule has 136 valence electrons. The summed E-state index contributed by atoms with van der Waals surface area (Å²) in [6.45, 7) is 0.378. The number of pyridine rings is 1. The number of esters is 1. The van der Waals surface area contributed by atoms with Gasteiger partial charge in [-0.05, 0) is 42.0 Å². The second-order valence-electron chi connectivity index (χ2n) is 5.52. The summed E-state index contributed by atoms with van der Waals surface area (Å²) < 4.78 is 4.66. The molecule has 0 aliphatic carbocycles. The molecule has 2 heterocycles. The number of rotatable bonds is 6. The predicted molar refractivity (Wildman–Crippen MR) is 98.5 cm³/mol. The SMILES string of the molecule is COC(=O)c1ccc(Nc2cc(C(=O)NCc3ccncc3)ncn2)cc1. The molecule has 1 amide bonds. The van der Waals surface area contributed by atoms with Crippen molar-refractivity contribution in [3.63, 3.8) is 0 Å². The first-order valence-corrected chi connectivity index (χ1v) is 8.10. The summed E-state index contributed by atoms with van der Waals surface area (Å²) in [6, 6.07) is 11.9. The summed E-state index contributed by atoms with van der Waals surface area (Å²) in [5.41, 5.74) is 2.34. The molecule has 0 fully saturated rings. The average Bonchev–Trinajstić information content (AvgIpc) is 2.73. The van der Waals surface area contributed by atoms with E-state index >= 15 is 0 Å². The highest BCUT2D eigenvalue weighted by molar-refractivity contribution is 5.93. The summed E-state index contributed by atoms with van der Waals surface area (Å²) in [4.78, 5) is 35.8. The van der Waals surface area contributed by atoms with E-state index in [-0.39, 0.29) is 11.6 Å². The third-order valence-corrected chi connectivity index (χ3v) is 3.68. The Morgan fingerprint density at radius 3 is 2.48 bits per heavy atom. The lowest BCUT2D eigenvalue weighted by Crippen LogP contribution is -2.24. The van der Waals surface area contributed by atoms with Gasteiger partial charge in [0, 0.05) is 30.7 Å². The van der Waals surface area contributed by atoms with Crippen LogP contribution >= 0.6 is 0 Å². The molecule has 8 nitrogen and oxygen atoms in total. The van der Waals surface area contributed by atoms with Crippen LogP contribution in [0.3, 0.4) is 0 Å². The predicted octanol–water partition coefficient (Wildman–Crippen LogP) is 2.33. The third kappa shape index (κ3) is 4.85. The van der Waals surface area contributed by atoms with Crippen LogP contribution in [0.15, 0.2) is 61.2 Å². The van der Waals surface area contributed by atoms with Crippen molar-refractivity contribution in [1.82, 2.24) is 20.3 Å². The standard InChI is InChI=1S/C19H17N5O3/c1-27-19(26)14-2-4-15(5-3-14)24-17-10-16(22-12-23-17)18(25)21-11-13-6-8-20-9-7-13/h2-10,12H,11H2,1H3,(H,21,25)(H,22,23,24). The Morgan fingerprint density at radius 2 is 1.78 bits per heavy atom. The maximum absolute atomic E-state index is 12.3. The van der Waals surface area contributed by atoms with Crippen LogP contribution in [-0.4, -0.2) is 33.9 Å². The van der Waals surface area contributed by atoms with Crippen LogP contribution in [0.2, 0.25) is 0 Å². The number of carbonyl (C=O) groups excluding carboxylic acids is 2. The van der Waals surface area contributed by atoms with Gasteiger partial charge < -0.3 is 15.4 Å². The molecule has 3 aromatic rings. The smallest absolute Gasteiger partial charge is 0.337 e. The Morgan fingerprint density at radius 1 is 1.04 bits per heavy atom. The number of amides is 1. The van der Waals surface area contributed by atoms with Gasteiger partial charge in [0.2, 0.25) is 0 Å². The molecular formula is C19H17N5O3. The lowest BCUT2D eigenvalue weighted by molar-refractivity contribution is 0.0600. The van der Waals surface area contributed by atoms with Gasteiger partial charge in [-0.2, -0.15) is 0 Å². The van der Waals surface area contributed by atoms with E-state index in [1.54, 1.807) is 42.7 Å². The molecule has 3 rings (SSSR count).